The molecule has 2 aromatic rings. The fourth-order valence-electron chi connectivity index (χ4n) is 1.94. The Bertz CT molecular complexity index is 619. The van der Waals surface area contributed by atoms with Crippen molar-refractivity contribution in [1.29, 1.82) is 0 Å². The maximum absolute atomic E-state index is 13.8. The molecule has 0 radical (unpaired) electrons. The third-order valence-electron chi connectivity index (χ3n) is 3.01. The third-order valence-corrected chi connectivity index (χ3v) is 3.50. The van der Waals surface area contributed by atoms with E-state index in [1.807, 2.05) is 25.2 Å². The fraction of sp³-hybridized carbons (Fsp3) is 0.250. The normalized spacial score (nSPS) is 10.5. The van der Waals surface area contributed by atoms with Gasteiger partial charge in [0.2, 0.25) is 0 Å². The summed E-state index contributed by atoms with van der Waals surface area (Å²) < 4.78 is 25.5. The van der Waals surface area contributed by atoms with Gasteiger partial charge >= 0.3 is 0 Å². The molecular formula is C16H17BrFNO2. The van der Waals surface area contributed by atoms with Gasteiger partial charge in [-0.05, 0) is 36.9 Å². The molecule has 0 amide bonds. The maximum Gasteiger partial charge on any atom is 0.161 e. The highest BCUT2D eigenvalue weighted by Gasteiger charge is 2.08. The fourth-order valence-corrected chi connectivity index (χ4v) is 2.28. The Balaban J connectivity index is 2.16. The van der Waals surface area contributed by atoms with Gasteiger partial charge in [0.25, 0.3) is 0 Å². The van der Waals surface area contributed by atoms with Crippen LogP contribution < -0.4 is 14.8 Å². The summed E-state index contributed by atoms with van der Waals surface area (Å²) in [5.74, 6) is 0.940. The molecule has 112 valence electrons. The molecule has 0 heterocycles. The average Bonchev–Trinajstić information content (AvgIpc) is 2.47. The van der Waals surface area contributed by atoms with Crippen LogP contribution in [0.5, 0.6) is 11.5 Å². The van der Waals surface area contributed by atoms with E-state index in [4.69, 9.17) is 9.47 Å². The summed E-state index contributed by atoms with van der Waals surface area (Å²) in [5, 5.41) is 3.08. The van der Waals surface area contributed by atoms with Crippen LogP contribution in [0.1, 0.15) is 11.1 Å². The van der Waals surface area contributed by atoms with Crippen molar-refractivity contribution in [3.05, 3.63) is 57.8 Å². The lowest BCUT2D eigenvalue weighted by molar-refractivity contribution is 0.279. The van der Waals surface area contributed by atoms with Gasteiger partial charge in [0.05, 0.1) is 7.11 Å². The Morgan fingerprint density at radius 2 is 1.95 bits per heavy atom. The number of nitrogens with one attached hydrogen (secondary N) is 1. The van der Waals surface area contributed by atoms with Crippen molar-refractivity contribution in [1.82, 2.24) is 5.32 Å². The molecule has 1 N–H and O–H groups in total. The summed E-state index contributed by atoms with van der Waals surface area (Å²) in [6.45, 7) is 0.880. The molecule has 0 saturated heterocycles. The number of halogens is 2. The van der Waals surface area contributed by atoms with Crippen molar-refractivity contribution in [3.63, 3.8) is 0 Å². The van der Waals surface area contributed by atoms with Gasteiger partial charge in [-0.2, -0.15) is 0 Å². The Kier molecular flexibility index (Phi) is 5.59. The van der Waals surface area contributed by atoms with Crippen molar-refractivity contribution in [3.8, 4) is 11.5 Å². The number of hydrogen-bond donors (Lipinski definition) is 1. The lowest BCUT2D eigenvalue weighted by atomic mass is 10.2. The second kappa shape index (κ2) is 7.43. The van der Waals surface area contributed by atoms with E-state index in [2.05, 4.69) is 21.2 Å². The van der Waals surface area contributed by atoms with Gasteiger partial charge in [-0.3, -0.25) is 0 Å². The topological polar surface area (TPSA) is 30.5 Å². The predicted octanol–water partition coefficient (Wildman–Crippen LogP) is 3.90. The highest BCUT2D eigenvalue weighted by atomic mass is 79.9. The SMILES string of the molecule is CNCc1ccc(OC)c(OCc2ccc(Br)cc2F)c1. The monoisotopic (exact) mass is 353 g/mol. The van der Waals surface area contributed by atoms with Crippen LogP contribution in [0.4, 0.5) is 4.39 Å². The molecule has 3 nitrogen and oxygen atoms in total. The average molecular weight is 354 g/mol. The lowest BCUT2D eigenvalue weighted by Gasteiger charge is -2.13. The molecule has 0 saturated carbocycles. The first-order chi connectivity index (χ1) is 10.1. The number of benzene rings is 2. The zero-order valence-electron chi connectivity index (χ0n) is 12.0. The quantitative estimate of drug-likeness (QED) is 0.854. The lowest BCUT2D eigenvalue weighted by Crippen LogP contribution is -2.06. The second-order valence-corrected chi connectivity index (χ2v) is 5.46. The van der Waals surface area contributed by atoms with Gasteiger partial charge < -0.3 is 14.8 Å². The van der Waals surface area contributed by atoms with Crippen LogP contribution >= 0.6 is 15.9 Å². The molecule has 21 heavy (non-hydrogen) atoms. The number of methoxy groups -OCH3 is 1. The number of hydrogen-bond acceptors (Lipinski definition) is 3. The van der Waals surface area contributed by atoms with Gasteiger partial charge in [0.1, 0.15) is 12.4 Å². The molecule has 5 heteroatoms. The first-order valence-electron chi connectivity index (χ1n) is 6.52. The Morgan fingerprint density at radius 1 is 1.14 bits per heavy atom. The van der Waals surface area contributed by atoms with Gasteiger partial charge in [-0.25, -0.2) is 4.39 Å². The highest BCUT2D eigenvalue weighted by Crippen LogP contribution is 2.29. The molecular weight excluding hydrogens is 337 g/mol. The van der Waals surface area contributed by atoms with Crippen LogP contribution in [0.2, 0.25) is 0 Å². The van der Waals surface area contributed by atoms with Crippen LogP contribution in [-0.4, -0.2) is 14.2 Å². The van der Waals surface area contributed by atoms with Crippen molar-refractivity contribution < 1.29 is 13.9 Å². The van der Waals surface area contributed by atoms with E-state index in [-0.39, 0.29) is 12.4 Å². The van der Waals surface area contributed by atoms with Crippen LogP contribution in [-0.2, 0) is 13.2 Å². The molecule has 2 aromatic carbocycles. The minimum atomic E-state index is -0.297. The summed E-state index contributed by atoms with van der Waals surface area (Å²) >= 11 is 3.23. The van der Waals surface area contributed by atoms with Crippen LogP contribution in [0.3, 0.4) is 0 Å². The van der Waals surface area contributed by atoms with Crippen LogP contribution in [0.25, 0.3) is 0 Å². The molecule has 0 atom stereocenters. The van der Waals surface area contributed by atoms with E-state index in [9.17, 15) is 4.39 Å². The largest absolute Gasteiger partial charge is 0.493 e. The van der Waals surface area contributed by atoms with E-state index in [0.29, 0.717) is 21.5 Å². The minimum Gasteiger partial charge on any atom is -0.493 e. The maximum atomic E-state index is 13.8. The van der Waals surface area contributed by atoms with Crippen molar-refractivity contribution in [2.45, 2.75) is 13.2 Å². The minimum absolute atomic E-state index is 0.151. The first-order valence-corrected chi connectivity index (χ1v) is 7.31. The van der Waals surface area contributed by atoms with Gasteiger partial charge in [-0.1, -0.05) is 28.1 Å². The van der Waals surface area contributed by atoms with E-state index < -0.39 is 0 Å². The van der Waals surface area contributed by atoms with Crippen molar-refractivity contribution in [2.24, 2.45) is 0 Å². The Labute approximate surface area is 132 Å². The van der Waals surface area contributed by atoms with E-state index in [0.717, 1.165) is 12.1 Å². The highest BCUT2D eigenvalue weighted by molar-refractivity contribution is 9.10. The molecule has 0 bridgehead atoms. The summed E-state index contributed by atoms with van der Waals surface area (Å²) in [6, 6.07) is 10.6. The smallest absolute Gasteiger partial charge is 0.161 e. The van der Waals surface area contributed by atoms with E-state index in [1.165, 1.54) is 6.07 Å². The predicted molar refractivity (Wildman–Crippen MR) is 84.2 cm³/mol. The van der Waals surface area contributed by atoms with Crippen LogP contribution in [0, 0.1) is 5.82 Å². The second-order valence-electron chi connectivity index (χ2n) is 4.54. The summed E-state index contributed by atoms with van der Waals surface area (Å²) in [5.41, 5.74) is 1.57. The first kappa shape index (κ1) is 15.8. The molecule has 0 aromatic heterocycles. The zero-order chi connectivity index (χ0) is 15.2. The van der Waals surface area contributed by atoms with E-state index >= 15 is 0 Å². The molecule has 0 spiro atoms. The Hall–Kier alpha value is -1.59. The van der Waals surface area contributed by atoms with E-state index in [1.54, 1.807) is 19.2 Å². The van der Waals surface area contributed by atoms with Crippen molar-refractivity contribution in [2.75, 3.05) is 14.2 Å². The van der Waals surface area contributed by atoms with Gasteiger partial charge in [-0.15, -0.1) is 0 Å². The molecule has 0 fully saturated rings. The molecule has 2 rings (SSSR count). The molecule has 0 aliphatic rings. The van der Waals surface area contributed by atoms with Crippen LogP contribution in [0.15, 0.2) is 40.9 Å². The van der Waals surface area contributed by atoms with Gasteiger partial charge in [0.15, 0.2) is 11.5 Å². The number of ether oxygens (including phenoxy) is 2. The Morgan fingerprint density at radius 3 is 2.62 bits per heavy atom. The summed E-state index contributed by atoms with van der Waals surface area (Å²) in [6.07, 6.45) is 0. The standard InChI is InChI=1S/C16H17BrFNO2/c1-19-9-11-3-6-15(20-2)16(7-11)21-10-12-4-5-13(17)8-14(12)18/h3-8,19H,9-10H2,1-2H3. The van der Waals surface area contributed by atoms with Gasteiger partial charge in [0, 0.05) is 16.6 Å². The molecule has 0 aliphatic carbocycles. The summed E-state index contributed by atoms with van der Waals surface area (Å²) in [4.78, 5) is 0. The molecule has 0 unspecified atom stereocenters. The number of rotatable bonds is 6. The third kappa shape index (κ3) is 4.19. The van der Waals surface area contributed by atoms with Crippen molar-refractivity contribution >= 4 is 15.9 Å². The molecule has 0 aliphatic heterocycles. The summed E-state index contributed by atoms with van der Waals surface area (Å²) in [7, 11) is 3.46. The zero-order valence-corrected chi connectivity index (χ0v) is 13.5.